The van der Waals surface area contributed by atoms with E-state index in [9.17, 15) is 8.42 Å². The number of nitrogens with one attached hydrogen (secondary N) is 2. The molecule has 1 unspecified atom stereocenters. The summed E-state index contributed by atoms with van der Waals surface area (Å²) in [6, 6.07) is 6.71. The molecule has 1 aromatic rings. The molecule has 0 amide bonds. The second kappa shape index (κ2) is 5.14. The summed E-state index contributed by atoms with van der Waals surface area (Å²) in [5.74, 6) is 0. The minimum absolute atomic E-state index is 0.0883. The van der Waals surface area contributed by atoms with Crippen LogP contribution >= 0.6 is 0 Å². The SMILES string of the molecule is Cc1cccc(S(=O)(=O)NOC2CCNC2)c1. The van der Waals surface area contributed by atoms with Gasteiger partial charge in [-0.05, 0) is 37.6 Å². The summed E-state index contributed by atoms with van der Waals surface area (Å²) in [6.45, 7) is 3.38. The smallest absolute Gasteiger partial charge is 0.262 e. The molecule has 0 saturated carbocycles. The molecule has 0 bridgehead atoms. The molecule has 1 saturated heterocycles. The highest BCUT2D eigenvalue weighted by molar-refractivity contribution is 7.89. The number of benzene rings is 1. The summed E-state index contributed by atoms with van der Waals surface area (Å²) in [6.07, 6.45) is 0.727. The Kier molecular flexibility index (Phi) is 3.78. The van der Waals surface area contributed by atoms with Crippen molar-refractivity contribution >= 4 is 10.0 Å². The summed E-state index contributed by atoms with van der Waals surface area (Å²) < 4.78 is 23.8. The lowest BCUT2D eigenvalue weighted by atomic mass is 10.2. The first-order valence-corrected chi connectivity index (χ1v) is 7.01. The largest absolute Gasteiger partial charge is 0.314 e. The van der Waals surface area contributed by atoms with Crippen molar-refractivity contribution in [3.63, 3.8) is 0 Å². The third-order valence-corrected chi connectivity index (χ3v) is 3.83. The number of sulfonamides is 1. The van der Waals surface area contributed by atoms with E-state index in [1.165, 1.54) is 0 Å². The van der Waals surface area contributed by atoms with Crippen LogP contribution in [0.4, 0.5) is 0 Å². The Hall–Kier alpha value is -0.950. The van der Waals surface area contributed by atoms with Crippen LogP contribution in [0.5, 0.6) is 0 Å². The zero-order chi connectivity index (χ0) is 12.3. The van der Waals surface area contributed by atoms with Crippen molar-refractivity contribution in [1.82, 2.24) is 10.2 Å². The molecule has 1 aromatic carbocycles. The fourth-order valence-electron chi connectivity index (χ4n) is 1.69. The first kappa shape index (κ1) is 12.5. The minimum atomic E-state index is -3.57. The Bertz CT molecular complexity index is 481. The molecule has 2 N–H and O–H groups in total. The second-order valence-electron chi connectivity index (χ2n) is 4.14. The molecule has 1 atom stereocenters. The predicted octanol–water partition coefficient (Wildman–Crippen LogP) is 0.567. The van der Waals surface area contributed by atoms with Gasteiger partial charge in [-0.15, -0.1) is 0 Å². The van der Waals surface area contributed by atoms with Crippen LogP contribution in [0.1, 0.15) is 12.0 Å². The van der Waals surface area contributed by atoms with Crippen LogP contribution < -0.4 is 10.2 Å². The summed E-state index contributed by atoms with van der Waals surface area (Å²) in [5.41, 5.74) is 0.899. The predicted molar refractivity (Wildman–Crippen MR) is 63.9 cm³/mol. The average Bonchev–Trinajstić information content (AvgIpc) is 2.79. The van der Waals surface area contributed by atoms with Gasteiger partial charge in [-0.2, -0.15) is 0 Å². The lowest BCUT2D eigenvalue weighted by molar-refractivity contribution is 0.0303. The molecule has 1 aliphatic rings. The molecule has 94 valence electrons. The van der Waals surface area contributed by atoms with E-state index in [2.05, 4.69) is 10.2 Å². The minimum Gasteiger partial charge on any atom is -0.314 e. The highest BCUT2D eigenvalue weighted by atomic mass is 32.2. The quantitative estimate of drug-likeness (QED) is 0.773. The Morgan fingerprint density at radius 1 is 1.47 bits per heavy atom. The van der Waals surface area contributed by atoms with Crippen molar-refractivity contribution in [2.75, 3.05) is 13.1 Å². The van der Waals surface area contributed by atoms with Crippen molar-refractivity contribution in [3.8, 4) is 0 Å². The van der Waals surface area contributed by atoms with Gasteiger partial charge in [0.1, 0.15) is 0 Å². The Labute approximate surface area is 101 Å². The zero-order valence-electron chi connectivity index (χ0n) is 9.64. The molecular formula is C11H16N2O3S. The van der Waals surface area contributed by atoms with Gasteiger partial charge in [0.25, 0.3) is 10.0 Å². The Balaban J connectivity index is 2.03. The molecule has 0 aliphatic carbocycles. The first-order valence-electron chi connectivity index (χ1n) is 5.53. The van der Waals surface area contributed by atoms with Crippen molar-refractivity contribution in [1.29, 1.82) is 0 Å². The highest BCUT2D eigenvalue weighted by Gasteiger charge is 2.20. The van der Waals surface area contributed by atoms with E-state index in [-0.39, 0.29) is 11.0 Å². The van der Waals surface area contributed by atoms with E-state index in [0.717, 1.165) is 18.5 Å². The van der Waals surface area contributed by atoms with Crippen molar-refractivity contribution < 1.29 is 13.3 Å². The molecule has 0 radical (unpaired) electrons. The van der Waals surface area contributed by atoms with Crippen molar-refractivity contribution in [3.05, 3.63) is 29.8 Å². The molecular weight excluding hydrogens is 240 g/mol. The number of hydrogen-bond donors (Lipinski definition) is 2. The maximum atomic E-state index is 11.9. The molecule has 1 heterocycles. The lowest BCUT2D eigenvalue weighted by Gasteiger charge is -2.11. The standard InChI is InChI=1S/C11H16N2O3S/c1-9-3-2-4-11(7-9)17(14,15)13-16-10-5-6-12-8-10/h2-4,7,10,12-13H,5-6,8H2,1H3. The van der Waals surface area contributed by atoms with Crippen LogP contribution in [-0.2, 0) is 14.9 Å². The van der Waals surface area contributed by atoms with Gasteiger partial charge in [0.2, 0.25) is 0 Å². The Morgan fingerprint density at radius 3 is 2.94 bits per heavy atom. The van der Waals surface area contributed by atoms with E-state index in [1.54, 1.807) is 18.2 Å². The van der Waals surface area contributed by atoms with Gasteiger partial charge >= 0.3 is 0 Å². The van der Waals surface area contributed by atoms with Crippen molar-refractivity contribution in [2.24, 2.45) is 0 Å². The number of rotatable bonds is 4. The lowest BCUT2D eigenvalue weighted by Crippen LogP contribution is -2.30. The highest BCUT2D eigenvalue weighted by Crippen LogP contribution is 2.11. The fourth-order valence-corrected chi connectivity index (χ4v) is 2.65. The van der Waals surface area contributed by atoms with Gasteiger partial charge in [-0.3, -0.25) is 4.84 Å². The van der Waals surface area contributed by atoms with Crippen LogP contribution in [0.2, 0.25) is 0 Å². The van der Waals surface area contributed by atoms with Gasteiger partial charge in [0.05, 0.1) is 11.0 Å². The van der Waals surface area contributed by atoms with E-state index < -0.39 is 10.0 Å². The zero-order valence-corrected chi connectivity index (χ0v) is 10.5. The van der Waals surface area contributed by atoms with E-state index >= 15 is 0 Å². The van der Waals surface area contributed by atoms with Crippen molar-refractivity contribution in [2.45, 2.75) is 24.3 Å². The van der Waals surface area contributed by atoms with Crippen LogP contribution in [0.15, 0.2) is 29.2 Å². The van der Waals surface area contributed by atoms with Gasteiger partial charge in [0, 0.05) is 6.54 Å². The van der Waals surface area contributed by atoms with Crippen LogP contribution in [0, 0.1) is 6.92 Å². The second-order valence-corrected chi connectivity index (χ2v) is 5.78. The summed E-state index contributed by atoms with van der Waals surface area (Å²) in [7, 11) is -3.57. The topological polar surface area (TPSA) is 67.4 Å². The molecule has 0 aromatic heterocycles. The average molecular weight is 256 g/mol. The molecule has 1 aliphatic heterocycles. The molecule has 2 rings (SSSR count). The maximum absolute atomic E-state index is 11.9. The monoisotopic (exact) mass is 256 g/mol. The van der Waals surface area contributed by atoms with Gasteiger partial charge in [-0.1, -0.05) is 17.0 Å². The summed E-state index contributed by atoms with van der Waals surface area (Å²) >= 11 is 0. The van der Waals surface area contributed by atoms with Crippen LogP contribution in [-0.4, -0.2) is 27.6 Å². The molecule has 5 nitrogen and oxygen atoms in total. The van der Waals surface area contributed by atoms with E-state index in [1.807, 2.05) is 13.0 Å². The molecule has 0 spiro atoms. The van der Waals surface area contributed by atoms with Gasteiger partial charge in [0.15, 0.2) is 0 Å². The number of hydrogen-bond acceptors (Lipinski definition) is 4. The summed E-state index contributed by atoms with van der Waals surface area (Å²) in [5, 5.41) is 3.10. The maximum Gasteiger partial charge on any atom is 0.262 e. The molecule has 6 heteroatoms. The number of aryl methyl sites for hydroxylation is 1. The first-order chi connectivity index (χ1) is 8.08. The van der Waals surface area contributed by atoms with Crippen LogP contribution in [0.3, 0.4) is 0 Å². The van der Waals surface area contributed by atoms with Crippen LogP contribution in [0.25, 0.3) is 0 Å². The fraction of sp³-hybridized carbons (Fsp3) is 0.455. The van der Waals surface area contributed by atoms with E-state index in [4.69, 9.17) is 4.84 Å². The van der Waals surface area contributed by atoms with Gasteiger partial charge < -0.3 is 5.32 Å². The third-order valence-electron chi connectivity index (χ3n) is 2.64. The Morgan fingerprint density at radius 2 is 2.29 bits per heavy atom. The summed E-state index contributed by atoms with van der Waals surface area (Å²) in [4.78, 5) is 7.56. The third kappa shape index (κ3) is 3.26. The molecule has 1 fully saturated rings. The molecule has 17 heavy (non-hydrogen) atoms. The normalized spacial score (nSPS) is 20.6. The van der Waals surface area contributed by atoms with E-state index in [0.29, 0.717) is 6.54 Å². The van der Waals surface area contributed by atoms with Gasteiger partial charge in [-0.25, -0.2) is 8.42 Å².